The van der Waals surface area contributed by atoms with Gasteiger partial charge in [-0.05, 0) is 44.0 Å². The largest absolute Gasteiger partial charge is 0.481 e. The molecule has 3 nitrogen and oxygen atoms in total. The van der Waals surface area contributed by atoms with Crippen molar-refractivity contribution < 1.29 is 9.90 Å². The molecule has 1 saturated heterocycles. The lowest BCUT2D eigenvalue weighted by molar-refractivity contribution is -0.145. The van der Waals surface area contributed by atoms with Crippen LogP contribution in [0, 0.1) is 5.92 Å². The summed E-state index contributed by atoms with van der Waals surface area (Å²) in [6.45, 7) is 3.84. The van der Waals surface area contributed by atoms with E-state index in [1.165, 1.54) is 5.56 Å². The normalized spacial score (nSPS) is 25.0. The van der Waals surface area contributed by atoms with Crippen LogP contribution in [0.3, 0.4) is 0 Å². The molecular weight excluding hydrogens is 294 g/mol. The fourth-order valence-corrected chi connectivity index (χ4v) is 2.86. The Balaban J connectivity index is 2.04. The minimum atomic E-state index is -0.664. The Bertz CT molecular complexity index is 418. The number of aliphatic carboxylic acids is 1. The van der Waals surface area contributed by atoms with Crippen LogP contribution in [0.1, 0.15) is 25.3 Å². The second kappa shape index (κ2) is 5.85. The molecule has 0 saturated carbocycles. The number of carbonyl (C=O) groups is 1. The van der Waals surface area contributed by atoms with E-state index in [4.69, 9.17) is 0 Å². The van der Waals surface area contributed by atoms with E-state index in [1.807, 2.05) is 19.1 Å². The third-order valence-electron chi connectivity index (χ3n) is 3.73. The van der Waals surface area contributed by atoms with Crippen LogP contribution < -0.4 is 0 Å². The van der Waals surface area contributed by atoms with Gasteiger partial charge in [-0.15, -0.1) is 0 Å². The maximum atomic E-state index is 11.2. The number of hydrogen-bond donors (Lipinski definition) is 1. The molecule has 2 rings (SSSR count). The number of halogens is 1. The highest BCUT2D eigenvalue weighted by Crippen LogP contribution is 2.25. The van der Waals surface area contributed by atoms with Crippen LogP contribution in [-0.4, -0.2) is 28.6 Å². The number of benzene rings is 1. The summed E-state index contributed by atoms with van der Waals surface area (Å²) in [5.74, 6) is -0.891. The van der Waals surface area contributed by atoms with E-state index in [2.05, 4.69) is 33.0 Å². The number of carboxylic acids is 1. The molecule has 1 aromatic carbocycles. The van der Waals surface area contributed by atoms with Crippen molar-refractivity contribution in [3.8, 4) is 0 Å². The summed E-state index contributed by atoms with van der Waals surface area (Å²) < 4.78 is 1.07. The molecule has 0 radical (unpaired) electrons. The van der Waals surface area contributed by atoms with E-state index in [-0.39, 0.29) is 12.0 Å². The third-order valence-corrected chi connectivity index (χ3v) is 4.26. The van der Waals surface area contributed by atoms with Crippen LogP contribution in [0.15, 0.2) is 28.7 Å². The second-order valence-corrected chi connectivity index (χ2v) is 5.84. The lowest BCUT2D eigenvalue weighted by Gasteiger charge is -2.37. The quantitative estimate of drug-likeness (QED) is 0.932. The van der Waals surface area contributed by atoms with Crippen molar-refractivity contribution in [3.05, 3.63) is 34.3 Å². The Hall–Kier alpha value is -0.870. The average Bonchev–Trinajstić information content (AvgIpc) is 2.34. The minimum absolute atomic E-state index is 0.111. The maximum absolute atomic E-state index is 11.2. The van der Waals surface area contributed by atoms with Gasteiger partial charge in [0.15, 0.2) is 0 Å². The Morgan fingerprint density at radius 2 is 2.11 bits per heavy atom. The molecule has 0 spiro atoms. The molecule has 4 heteroatoms. The summed E-state index contributed by atoms with van der Waals surface area (Å²) in [7, 11) is 0. The first-order valence-corrected chi connectivity index (χ1v) is 7.08. The van der Waals surface area contributed by atoms with Gasteiger partial charge in [-0.2, -0.15) is 0 Å². The van der Waals surface area contributed by atoms with Gasteiger partial charge >= 0.3 is 5.97 Å². The molecule has 2 atom stereocenters. The molecular formula is C14H18BrNO2. The number of likely N-dealkylation sites (tertiary alicyclic amines) is 1. The number of rotatable bonds is 3. The zero-order chi connectivity index (χ0) is 13.1. The summed E-state index contributed by atoms with van der Waals surface area (Å²) in [5.41, 5.74) is 1.23. The fraction of sp³-hybridized carbons (Fsp3) is 0.500. The Kier molecular flexibility index (Phi) is 4.40. The van der Waals surface area contributed by atoms with Crippen molar-refractivity contribution in [2.75, 3.05) is 6.54 Å². The van der Waals surface area contributed by atoms with Gasteiger partial charge in [0.25, 0.3) is 0 Å². The highest BCUT2D eigenvalue weighted by atomic mass is 79.9. The van der Waals surface area contributed by atoms with Gasteiger partial charge in [-0.25, -0.2) is 0 Å². The van der Waals surface area contributed by atoms with E-state index in [0.29, 0.717) is 0 Å². The van der Waals surface area contributed by atoms with Crippen molar-refractivity contribution in [2.45, 2.75) is 32.4 Å². The Morgan fingerprint density at radius 3 is 2.72 bits per heavy atom. The SMILES string of the molecule is C[C@@H]1[C@H](C(=O)O)CCCN1Cc1ccc(Br)cc1. The van der Waals surface area contributed by atoms with E-state index < -0.39 is 5.97 Å². The maximum Gasteiger partial charge on any atom is 0.308 e. The second-order valence-electron chi connectivity index (χ2n) is 4.92. The Labute approximate surface area is 116 Å². The molecule has 1 aromatic rings. The van der Waals surface area contributed by atoms with Crippen molar-refractivity contribution in [1.29, 1.82) is 0 Å². The lowest BCUT2D eigenvalue weighted by Crippen LogP contribution is -2.45. The van der Waals surface area contributed by atoms with Gasteiger partial charge in [0, 0.05) is 17.1 Å². The first-order chi connectivity index (χ1) is 8.58. The number of nitrogens with zero attached hydrogens (tertiary/aromatic N) is 1. The van der Waals surface area contributed by atoms with Gasteiger partial charge in [-0.3, -0.25) is 9.69 Å². The van der Waals surface area contributed by atoms with Crippen LogP contribution in [0.25, 0.3) is 0 Å². The smallest absolute Gasteiger partial charge is 0.308 e. The van der Waals surface area contributed by atoms with E-state index in [0.717, 1.165) is 30.4 Å². The van der Waals surface area contributed by atoms with Gasteiger partial charge in [0.2, 0.25) is 0 Å². The molecule has 0 bridgehead atoms. The number of carboxylic acid groups (broad SMARTS) is 1. The van der Waals surface area contributed by atoms with Gasteiger partial charge < -0.3 is 5.11 Å². The topological polar surface area (TPSA) is 40.5 Å². The van der Waals surface area contributed by atoms with Crippen LogP contribution >= 0.6 is 15.9 Å². The molecule has 18 heavy (non-hydrogen) atoms. The molecule has 1 fully saturated rings. The van der Waals surface area contributed by atoms with E-state index in [1.54, 1.807) is 0 Å². The molecule has 0 aromatic heterocycles. The van der Waals surface area contributed by atoms with Crippen molar-refractivity contribution in [2.24, 2.45) is 5.92 Å². The van der Waals surface area contributed by atoms with Crippen LogP contribution in [-0.2, 0) is 11.3 Å². The molecule has 98 valence electrons. The van der Waals surface area contributed by atoms with Crippen molar-refractivity contribution in [3.63, 3.8) is 0 Å². The zero-order valence-electron chi connectivity index (χ0n) is 10.5. The first-order valence-electron chi connectivity index (χ1n) is 6.29. The van der Waals surface area contributed by atoms with E-state index in [9.17, 15) is 9.90 Å². The van der Waals surface area contributed by atoms with Crippen molar-refractivity contribution in [1.82, 2.24) is 4.90 Å². The summed E-state index contributed by atoms with van der Waals surface area (Å²) >= 11 is 3.42. The molecule has 1 aliphatic heterocycles. The summed E-state index contributed by atoms with van der Waals surface area (Å²) in [5, 5.41) is 9.20. The highest BCUT2D eigenvalue weighted by molar-refractivity contribution is 9.10. The highest BCUT2D eigenvalue weighted by Gasteiger charge is 2.32. The molecule has 1 N–H and O–H groups in total. The standard InChI is InChI=1S/C14H18BrNO2/c1-10-13(14(17)18)3-2-8-16(10)9-11-4-6-12(15)7-5-11/h4-7,10,13H,2-3,8-9H2,1H3,(H,17,18)/t10-,13-/m1/s1. The van der Waals surface area contributed by atoms with Crippen LogP contribution in [0.4, 0.5) is 0 Å². The first kappa shape index (κ1) is 13.6. The molecule has 1 heterocycles. The van der Waals surface area contributed by atoms with Crippen LogP contribution in [0.2, 0.25) is 0 Å². The van der Waals surface area contributed by atoms with Crippen molar-refractivity contribution >= 4 is 21.9 Å². The monoisotopic (exact) mass is 311 g/mol. The minimum Gasteiger partial charge on any atom is -0.481 e. The Morgan fingerprint density at radius 1 is 1.44 bits per heavy atom. The summed E-state index contributed by atoms with van der Waals surface area (Å²) in [6, 6.07) is 8.33. The predicted molar refractivity (Wildman–Crippen MR) is 74.4 cm³/mol. The molecule has 1 aliphatic rings. The average molecular weight is 312 g/mol. The molecule has 0 unspecified atom stereocenters. The van der Waals surface area contributed by atoms with E-state index >= 15 is 0 Å². The third kappa shape index (κ3) is 3.12. The molecule has 0 aliphatic carbocycles. The lowest BCUT2D eigenvalue weighted by atomic mass is 9.90. The molecule has 0 amide bonds. The van der Waals surface area contributed by atoms with Gasteiger partial charge in [-0.1, -0.05) is 28.1 Å². The zero-order valence-corrected chi connectivity index (χ0v) is 12.1. The summed E-state index contributed by atoms with van der Waals surface area (Å²) in [4.78, 5) is 13.4. The number of piperidine rings is 1. The number of hydrogen-bond acceptors (Lipinski definition) is 2. The van der Waals surface area contributed by atoms with Gasteiger partial charge in [0.05, 0.1) is 5.92 Å². The summed E-state index contributed by atoms with van der Waals surface area (Å²) in [6.07, 6.45) is 1.77. The van der Waals surface area contributed by atoms with Crippen LogP contribution in [0.5, 0.6) is 0 Å². The van der Waals surface area contributed by atoms with Gasteiger partial charge in [0.1, 0.15) is 0 Å². The predicted octanol–water partition coefficient (Wildman–Crippen LogP) is 3.13. The fourth-order valence-electron chi connectivity index (χ4n) is 2.59.